The summed E-state index contributed by atoms with van der Waals surface area (Å²) in [5.41, 5.74) is 2.07. The quantitative estimate of drug-likeness (QED) is 0.842. The molecule has 20 heavy (non-hydrogen) atoms. The second-order valence-corrected chi connectivity index (χ2v) is 5.72. The zero-order chi connectivity index (χ0) is 15.8. The number of carbonyl (C=O) groups excluding carboxylic acids is 1. The number of benzene rings is 1. The lowest BCUT2D eigenvalue weighted by Gasteiger charge is -2.17. The van der Waals surface area contributed by atoms with E-state index in [1.807, 2.05) is 26.8 Å². The van der Waals surface area contributed by atoms with E-state index in [-0.39, 0.29) is 11.6 Å². The molecule has 1 aromatic rings. The topological polar surface area (TPSA) is 46.5 Å². The molecule has 1 rings (SSSR count). The van der Waals surface area contributed by atoms with E-state index in [0.717, 1.165) is 24.8 Å². The number of hydrogen-bond acceptors (Lipinski definition) is 3. The van der Waals surface area contributed by atoms with Gasteiger partial charge < -0.3 is 9.84 Å². The fraction of sp³-hybridized carbons (Fsp3) is 0.588. The maximum Gasteiger partial charge on any atom is 0.303 e. The molecule has 0 aromatic heterocycles. The van der Waals surface area contributed by atoms with Crippen molar-refractivity contribution in [2.45, 2.75) is 66.4 Å². The second kappa shape index (κ2) is 8.62. The van der Waals surface area contributed by atoms with Gasteiger partial charge >= 0.3 is 5.97 Å². The van der Waals surface area contributed by atoms with E-state index in [2.05, 4.69) is 19.9 Å². The molecule has 0 saturated heterocycles. The van der Waals surface area contributed by atoms with Gasteiger partial charge in [-0.2, -0.15) is 0 Å². The molecule has 0 saturated carbocycles. The van der Waals surface area contributed by atoms with E-state index in [1.165, 1.54) is 12.5 Å². The first-order valence-electron chi connectivity index (χ1n) is 7.20. The lowest BCUT2D eigenvalue weighted by molar-refractivity contribution is -0.151. The average Bonchev–Trinajstić information content (AvgIpc) is 2.29. The summed E-state index contributed by atoms with van der Waals surface area (Å²) in [4.78, 5) is 10.2. The van der Waals surface area contributed by atoms with E-state index < -0.39 is 0 Å². The van der Waals surface area contributed by atoms with Crippen LogP contribution in [-0.2, 0) is 22.4 Å². The van der Waals surface area contributed by atoms with Crippen LogP contribution >= 0.6 is 0 Å². The maximum atomic E-state index is 10.2. The molecule has 0 spiro atoms. The van der Waals surface area contributed by atoms with Crippen molar-refractivity contribution in [3.63, 3.8) is 0 Å². The van der Waals surface area contributed by atoms with Crippen molar-refractivity contribution in [1.82, 2.24) is 0 Å². The molecule has 1 aromatic carbocycles. The van der Waals surface area contributed by atoms with E-state index in [9.17, 15) is 9.90 Å². The number of aryl methyl sites for hydroxylation is 1. The van der Waals surface area contributed by atoms with Crippen molar-refractivity contribution < 1.29 is 14.6 Å². The van der Waals surface area contributed by atoms with Crippen molar-refractivity contribution in [3.05, 3.63) is 29.3 Å². The molecule has 3 nitrogen and oxygen atoms in total. The van der Waals surface area contributed by atoms with Crippen molar-refractivity contribution in [2.75, 3.05) is 0 Å². The Balaban J connectivity index is 0.000000396. The van der Waals surface area contributed by atoms with Gasteiger partial charge in [0.2, 0.25) is 0 Å². The molecule has 0 heterocycles. The Hall–Kier alpha value is -1.51. The van der Waals surface area contributed by atoms with Gasteiger partial charge in [-0.25, -0.2) is 0 Å². The Labute approximate surface area is 123 Å². The molecule has 0 aliphatic carbocycles. The van der Waals surface area contributed by atoms with Gasteiger partial charge in [0.15, 0.2) is 0 Å². The van der Waals surface area contributed by atoms with E-state index in [4.69, 9.17) is 4.74 Å². The third kappa shape index (κ3) is 7.82. The zero-order valence-corrected chi connectivity index (χ0v) is 13.6. The maximum absolute atomic E-state index is 10.2. The normalized spacial score (nSPS) is 10.5. The Bertz CT molecular complexity index is 417. The smallest absolute Gasteiger partial charge is 0.303 e. The number of phenols is 1. The third-order valence-corrected chi connectivity index (χ3v) is 2.58. The van der Waals surface area contributed by atoms with Gasteiger partial charge in [0.1, 0.15) is 11.4 Å². The summed E-state index contributed by atoms with van der Waals surface area (Å²) in [7, 11) is 0. The van der Waals surface area contributed by atoms with Crippen LogP contribution < -0.4 is 0 Å². The number of aromatic hydroxyl groups is 1. The molecule has 3 heteroatoms. The van der Waals surface area contributed by atoms with Crippen LogP contribution in [0.5, 0.6) is 5.75 Å². The van der Waals surface area contributed by atoms with Crippen LogP contribution in [0, 0.1) is 0 Å². The Kier molecular flexibility index (Phi) is 7.97. The van der Waals surface area contributed by atoms with Crippen molar-refractivity contribution >= 4 is 5.97 Å². The van der Waals surface area contributed by atoms with Crippen LogP contribution in [0.25, 0.3) is 0 Å². The van der Waals surface area contributed by atoms with Crippen molar-refractivity contribution in [3.8, 4) is 5.75 Å². The van der Waals surface area contributed by atoms with E-state index >= 15 is 0 Å². The van der Waals surface area contributed by atoms with Gasteiger partial charge in [0, 0.05) is 6.92 Å². The van der Waals surface area contributed by atoms with Gasteiger partial charge in [0.05, 0.1) is 0 Å². The molecule has 0 amide bonds. The minimum absolute atomic E-state index is 0.225. The van der Waals surface area contributed by atoms with Gasteiger partial charge in [-0.05, 0) is 50.8 Å². The Morgan fingerprint density at radius 1 is 1.25 bits per heavy atom. The summed E-state index contributed by atoms with van der Waals surface area (Å²) in [6, 6.07) is 5.77. The molecule has 1 N–H and O–H groups in total. The van der Waals surface area contributed by atoms with Crippen LogP contribution in [0.1, 0.15) is 59.1 Å². The average molecular weight is 280 g/mol. The largest absolute Gasteiger partial charge is 0.508 e. The van der Waals surface area contributed by atoms with E-state index in [1.54, 1.807) is 6.07 Å². The molecule has 0 atom stereocenters. The summed E-state index contributed by atoms with van der Waals surface area (Å²) >= 11 is 0. The standard InChI is InChI=1S/C11H16O.C6H12O2/c1-3-6-10-9(4-2)7-5-8-11(10)12;1-5(7)8-6(2,3)4/h5,7-8,12H,3-4,6H2,1-2H3;1-4H3. The highest BCUT2D eigenvalue weighted by Gasteiger charge is 2.11. The Morgan fingerprint density at radius 3 is 2.20 bits per heavy atom. The molecule has 0 radical (unpaired) electrons. The fourth-order valence-electron chi connectivity index (χ4n) is 1.92. The van der Waals surface area contributed by atoms with E-state index in [0.29, 0.717) is 5.75 Å². The SMILES string of the molecule is CC(=O)OC(C)(C)C.CCCc1c(O)cccc1CC. The monoisotopic (exact) mass is 280 g/mol. The van der Waals surface area contributed by atoms with Crippen LogP contribution in [0.4, 0.5) is 0 Å². The zero-order valence-electron chi connectivity index (χ0n) is 13.6. The first kappa shape index (κ1) is 18.5. The molecule has 0 aliphatic heterocycles. The van der Waals surface area contributed by atoms with Gasteiger partial charge in [-0.1, -0.05) is 32.4 Å². The number of esters is 1. The third-order valence-electron chi connectivity index (χ3n) is 2.58. The van der Waals surface area contributed by atoms with Gasteiger partial charge in [0.25, 0.3) is 0 Å². The van der Waals surface area contributed by atoms with Crippen molar-refractivity contribution in [2.24, 2.45) is 0 Å². The number of carbonyl (C=O) groups is 1. The highest BCUT2D eigenvalue weighted by atomic mass is 16.6. The number of hydrogen-bond donors (Lipinski definition) is 1. The van der Waals surface area contributed by atoms with Crippen molar-refractivity contribution in [1.29, 1.82) is 0 Å². The lowest BCUT2D eigenvalue weighted by atomic mass is 10.0. The van der Waals surface area contributed by atoms with Crippen LogP contribution in [0.3, 0.4) is 0 Å². The summed E-state index contributed by atoms with van der Waals surface area (Å²) in [6.07, 6.45) is 3.07. The number of ether oxygens (including phenoxy) is 1. The minimum atomic E-state index is -0.328. The molecule has 0 bridgehead atoms. The first-order chi connectivity index (χ1) is 9.21. The molecule has 114 valence electrons. The van der Waals surface area contributed by atoms with Gasteiger partial charge in [-0.3, -0.25) is 4.79 Å². The summed E-state index contributed by atoms with van der Waals surface area (Å²) < 4.78 is 4.80. The molecule has 0 unspecified atom stereocenters. The van der Waals surface area contributed by atoms with Crippen LogP contribution in [-0.4, -0.2) is 16.7 Å². The Morgan fingerprint density at radius 2 is 1.85 bits per heavy atom. The fourth-order valence-corrected chi connectivity index (χ4v) is 1.92. The van der Waals surface area contributed by atoms with Crippen LogP contribution in [0.15, 0.2) is 18.2 Å². The molecular weight excluding hydrogens is 252 g/mol. The molecular formula is C17H28O3. The summed E-state index contributed by atoms with van der Waals surface area (Å²) in [5, 5.41) is 9.55. The van der Waals surface area contributed by atoms with Crippen LogP contribution in [0.2, 0.25) is 0 Å². The predicted octanol–water partition coefficient (Wildman–Crippen LogP) is 4.26. The summed E-state index contributed by atoms with van der Waals surface area (Å²) in [6.45, 7) is 11.2. The summed E-state index contributed by atoms with van der Waals surface area (Å²) in [5.74, 6) is 0.230. The number of rotatable bonds is 3. The number of phenolic OH excluding ortho intramolecular Hbond substituents is 1. The lowest BCUT2D eigenvalue weighted by Crippen LogP contribution is -2.21. The molecule has 0 aliphatic rings. The highest BCUT2D eigenvalue weighted by Crippen LogP contribution is 2.22. The second-order valence-electron chi connectivity index (χ2n) is 5.72. The minimum Gasteiger partial charge on any atom is -0.508 e. The predicted molar refractivity (Wildman–Crippen MR) is 83.0 cm³/mol. The highest BCUT2D eigenvalue weighted by molar-refractivity contribution is 5.66. The molecule has 0 fully saturated rings. The first-order valence-corrected chi connectivity index (χ1v) is 7.20. The van der Waals surface area contributed by atoms with Gasteiger partial charge in [-0.15, -0.1) is 0 Å².